The van der Waals surface area contributed by atoms with Gasteiger partial charge in [0, 0.05) is 18.0 Å². The average molecular weight is 250 g/mol. The summed E-state index contributed by atoms with van der Waals surface area (Å²) < 4.78 is 10.2. The van der Waals surface area contributed by atoms with Crippen molar-refractivity contribution in [1.82, 2.24) is 0 Å². The highest BCUT2D eigenvalue weighted by molar-refractivity contribution is 5.96. The lowest BCUT2D eigenvalue weighted by molar-refractivity contribution is 0.0601. The van der Waals surface area contributed by atoms with Gasteiger partial charge < -0.3 is 20.5 Å². The molecule has 0 aliphatic carbocycles. The first-order valence-electron chi connectivity index (χ1n) is 5.98. The third-order valence-electron chi connectivity index (χ3n) is 3.17. The van der Waals surface area contributed by atoms with Crippen LogP contribution < -0.4 is 11.1 Å². The average Bonchev–Trinajstić information content (AvgIpc) is 2.76. The molecular weight excluding hydrogens is 232 g/mol. The normalized spacial score (nSPS) is 22.8. The molecule has 2 unspecified atom stereocenters. The Morgan fingerprint density at radius 3 is 2.94 bits per heavy atom. The Morgan fingerprint density at radius 1 is 1.56 bits per heavy atom. The molecule has 0 radical (unpaired) electrons. The van der Waals surface area contributed by atoms with E-state index in [1.165, 1.54) is 7.11 Å². The van der Waals surface area contributed by atoms with Gasteiger partial charge >= 0.3 is 5.97 Å². The number of carbonyl (C=O) groups excluding carboxylic acids is 1. The maximum Gasteiger partial charge on any atom is 0.340 e. The molecule has 1 saturated heterocycles. The highest BCUT2D eigenvalue weighted by Gasteiger charge is 2.25. The van der Waals surface area contributed by atoms with Crippen molar-refractivity contribution in [3.63, 3.8) is 0 Å². The minimum absolute atomic E-state index is 0.132. The molecule has 0 spiro atoms. The van der Waals surface area contributed by atoms with Crippen LogP contribution in [-0.2, 0) is 9.47 Å². The number of hydrogen-bond donors (Lipinski definition) is 2. The number of rotatable bonds is 3. The number of nitrogens with two attached hydrogens (primary N) is 1. The first kappa shape index (κ1) is 12.7. The molecule has 0 saturated carbocycles. The van der Waals surface area contributed by atoms with E-state index in [4.69, 9.17) is 15.2 Å². The second kappa shape index (κ2) is 5.27. The van der Waals surface area contributed by atoms with Gasteiger partial charge in [0.2, 0.25) is 0 Å². The summed E-state index contributed by atoms with van der Waals surface area (Å²) in [6.45, 7) is 2.75. The van der Waals surface area contributed by atoms with Gasteiger partial charge in [0.15, 0.2) is 0 Å². The van der Waals surface area contributed by atoms with Crippen molar-refractivity contribution in [2.75, 3.05) is 24.8 Å². The van der Waals surface area contributed by atoms with Crippen molar-refractivity contribution >= 4 is 17.3 Å². The van der Waals surface area contributed by atoms with E-state index in [1.54, 1.807) is 18.2 Å². The van der Waals surface area contributed by atoms with Gasteiger partial charge in [-0.15, -0.1) is 0 Å². The number of ether oxygens (including phenoxy) is 2. The molecule has 0 aromatic heterocycles. The summed E-state index contributed by atoms with van der Waals surface area (Å²) in [5.41, 5.74) is 7.42. The molecule has 98 valence electrons. The molecule has 18 heavy (non-hydrogen) atoms. The fraction of sp³-hybridized carbons (Fsp3) is 0.462. The van der Waals surface area contributed by atoms with E-state index in [-0.39, 0.29) is 12.1 Å². The van der Waals surface area contributed by atoms with E-state index in [9.17, 15) is 4.79 Å². The van der Waals surface area contributed by atoms with Gasteiger partial charge in [-0.1, -0.05) is 0 Å². The summed E-state index contributed by atoms with van der Waals surface area (Å²) in [5.74, 6) is -0.392. The molecule has 2 rings (SSSR count). The topological polar surface area (TPSA) is 73.6 Å². The molecule has 1 heterocycles. The van der Waals surface area contributed by atoms with E-state index >= 15 is 0 Å². The molecule has 5 heteroatoms. The maximum atomic E-state index is 11.7. The molecular formula is C13H18N2O3. The van der Waals surface area contributed by atoms with Gasteiger partial charge in [0.25, 0.3) is 0 Å². The van der Waals surface area contributed by atoms with Crippen LogP contribution in [0.4, 0.5) is 11.4 Å². The number of nitrogens with one attached hydrogen (secondary N) is 1. The third-order valence-corrected chi connectivity index (χ3v) is 3.17. The van der Waals surface area contributed by atoms with Crippen LogP contribution in [0.3, 0.4) is 0 Å². The Kier molecular flexibility index (Phi) is 3.72. The van der Waals surface area contributed by atoms with Crippen LogP contribution in [0.15, 0.2) is 18.2 Å². The van der Waals surface area contributed by atoms with Crippen molar-refractivity contribution in [1.29, 1.82) is 0 Å². The lowest BCUT2D eigenvalue weighted by Crippen LogP contribution is -2.27. The van der Waals surface area contributed by atoms with Crippen LogP contribution in [0.2, 0.25) is 0 Å². The van der Waals surface area contributed by atoms with Gasteiger partial charge in [-0.3, -0.25) is 0 Å². The fourth-order valence-electron chi connectivity index (χ4n) is 2.09. The summed E-state index contributed by atoms with van der Waals surface area (Å²) in [4.78, 5) is 11.7. The van der Waals surface area contributed by atoms with Crippen LogP contribution in [-0.4, -0.2) is 31.8 Å². The van der Waals surface area contributed by atoms with E-state index in [0.29, 0.717) is 11.3 Å². The van der Waals surface area contributed by atoms with E-state index < -0.39 is 5.97 Å². The molecule has 0 amide bonds. The van der Waals surface area contributed by atoms with Gasteiger partial charge in [0.05, 0.1) is 24.8 Å². The van der Waals surface area contributed by atoms with E-state index in [1.807, 2.05) is 6.92 Å². The van der Waals surface area contributed by atoms with Crippen molar-refractivity contribution in [3.8, 4) is 0 Å². The van der Waals surface area contributed by atoms with E-state index in [0.717, 1.165) is 18.7 Å². The molecule has 1 fully saturated rings. The van der Waals surface area contributed by atoms with Gasteiger partial charge in [-0.05, 0) is 31.5 Å². The molecule has 1 aliphatic rings. The number of anilines is 2. The molecule has 3 N–H and O–H groups in total. The second-order valence-corrected chi connectivity index (χ2v) is 4.41. The first-order valence-corrected chi connectivity index (χ1v) is 5.98. The van der Waals surface area contributed by atoms with Crippen LogP contribution >= 0.6 is 0 Å². The Morgan fingerprint density at radius 2 is 2.33 bits per heavy atom. The van der Waals surface area contributed by atoms with Gasteiger partial charge in [-0.25, -0.2) is 4.79 Å². The molecule has 1 aromatic carbocycles. The molecule has 5 nitrogen and oxygen atoms in total. The lowest BCUT2D eigenvalue weighted by Gasteiger charge is -2.19. The predicted octanol–water partition coefficient (Wildman–Crippen LogP) is 1.64. The molecule has 1 aliphatic heterocycles. The van der Waals surface area contributed by atoms with Gasteiger partial charge in [-0.2, -0.15) is 0 Å². The smallest absolute Gasteiger partial charge is 0.340 e. The summed E-state index contributed by atoms with van der Waals surface area (Å²) in [5, 5.41) is 3.32. The number of hydrogen-bond acceptors (Lipinski definition) is 5. The maximum absolute atomic E-state index is 11.7. The lowest BCUT2D eigenvalue weighted by atomic mass is 10.1. The summed E-state index contributed by atoms with van der Waals surface area (Å²) >= 11 is 0. The Hall–Kier alpha value is -1.75. The van der Waals surface area contributed by atoms with Crippen molar-refractivity contribution < 1.29 is 14.3 Å². The fourth-order valence-corrected chi connectivity index (χ4v) is 2.09. The Balaban J connectivity index is 2.23. The SMILES string of the molecule is COC(=O)c1cc(N)ccc1NC1CCOC1C. The third kappa shape index (κ3) is 2.56. The number of methoxy groups -OCH3 is 1. The number of carbonyl (C=O) groups is 1. The Bertz CT molecular complexity index is 448. The quantitative estimate of drug-likeness (QED) is 0.630. The van der Waals surface area contributed by atoms with Crippen LogP contribution in [0.25, 0.3) is 0 Å². The monoisotopic (exact) mass is 250 g/mol. The zero-order chi connectivity index (χ0) is 13.1. The number of esters is 1. The minimum Gasteiger partial charge on any atom is -0.465 e. The Labute approximate surface area is 106 Å². The summed E-state index contributed by atoms with van der Waals surface area (Å²) in [6.07, 6.45) is 1.06. The molecule has 0 bridgehead atoms. The second-order valence-electron chi connectivity index (χ2n) is 4.41. The van der Waals surface area contributed by atoms with E-state index in [2.05, 4.69) is 5.32 Å². The number of benzene rings is 1. The standard InChI is InChI=1S/C13H18N2O3/c1-8-11(5-6-18-8)15-12-4-3-9(14)7-10(12)13(16)17-2/h3-4,7-8,11,15H,5-6,14H2,1-2H3. The summed E-state index contributed by atoms with van der Waals surface area (Å²) in [7, 11) is 1.36. The number of nitrogen functional groups attached to an aromatic ring is 1. The zero-order valence-corrected chi connectivity index (χ0v) is 10.6. The first-order chi connectivity index (χ1) is 8.61. The largest absolute Gasteiger partial charge is 0.465 e. The predicted molar refractivity (Wildman–Crippen MR) is 69.6 cm³/mol. The van der Waals surface area contributed by atoms with Crippen LogP contribution in [0, 0.1) is 0 Å². The highest BCUT2D eigenvalue weighted by Crippen LogP contribution is 2.24. The molecule has 1 aromatic rings. The van der Waals surface area contributed by atoms with Crippen molar-refractivity contribution in [2.45, 2.75) is 25.5 Å². The van der Waals surface area contributed by atoms with Crippen molar-refractivity contribution in [2.24, 2.45) is 0 Å². The van der Waals surface area contributed by atoms with Crippen LogP contribution in [0.1, 0.15) is 23.7 Å². The molecule has 2 atom stereocenters. The minimum atomic E-state index is -0.392. The van der Waals surface area contributed by atoms with Crippen molar-refractivity contribution in [3.05, 3.63) is 23.8 Å². The van der Waals surface area contributed by atoms with Crippen LogP contribution in [0.5, 0.6) is 0 Å². The van der Waals surface area contributed by atoms with Gasteiger partial charge in [0.1, 0.15) is 0 Å². The highest BCUT2D eigenvalue weighted by atomic mass is 16.5. The summed E-state index contributed by atoms with van der Waals surface area (Å²) in [6, 6.07) is 5.38. The zero-order valence-electron chi connectivity index (χ0n) is 10.6.